The first-order valence-electron chi connectivity index (χ1n) is 8.45. The number of ether oxygens (including phenoxy) is 1. The zero-order valence-corrected chi connectivity index (χ0v) is 13.9. The summed E-state index contributed by atoms with van der Waals surface area (Å²) in [4.78, 5) is 12.3. The summed E-state index contributed by atoms with van der Waals surface area (Å²) in [5.41, 5.74) is 4.62. The van der Waals surface area contributed by atoms with E-state index in [1.54, 1.807) is 0 Å². The number of aromatic nitrogens is 2. The second-order valence-electron chi connectivity index (χ2n) is 6.72. The summed E-state index contributed by atoms with van der Waals surface area (Å²) < 4.78 is 5.95. The monoisotopic (exact) mass is 309 g/mol. The number of rotatable bonds is 2. The van der Waals surface area contributed by atoms with Gasteiger partial charge in [0, 0.05) is 23.4 Å². The highest BCUT2D eigenvalue weighted by molar-refractivity contribution is 5.56. The van der Waals surface area contributed by atoms with Crippen LogP contribution in [0.25, 0.3) is 11.4 Å². The summed E-state index contributed by atoms with van der Waals surface area (Å²) >= 11 is 0. The molecule has 4 rings (SSSR count). The summed E-state index contributed by atoms with van der Waals surface area (Å²) in [7, 11) is 0. The maximum absolute atomic E-state index is 5.95. The number of hydrogen-bond donors (Lipinski definition) is 0. The van der Waals surface area contributed by atoms with Crippen LogP contribution in [0.15, 0.2) is 30.3 Å². The van der Waals surface area contributed by atoms with E-state index < -0.39 is 0 Å². The second-order valence-corrected chi connectivity index (χ2v) is 6.72. The molecule has 2 aliphatic rings. The van der Waals surface area contributed by atoms with Crippen LogP contribution in [0.2, 0.25) is 0 Å². The topological polar surface area (TPSA) is 38.2 Å². The average molecular weight is 309 g/mol. The molecule has 1 aromatic carbocycles. The maximum atomic E-state index is 5.95. The fourth-order valence-electron chi connectivity index (χ4n) is 3.88. The van der Waals surface area contributed by atoms with E-state index in [4.69, 9.17) is 14.7 Å². The molecule has 1 spiro atoms. The standard InChI is InChI=1S/C19H23N3O/c1-3-22-10-9-19(12-22)13-23-11-16-14(2)20-18(21-17(16)19)15-7-5-4-6-8-15/h4-8H,3,9-13H2,1-2H3. The lowest BCUT2D eigenvalue weighted by atomic mass is 9.80. The van der Waals surface area contributed by atoms with Crippen LogP contribution in [-0.2, 0) is 16.8 Å². The normalized spacial score (nSPS) is 24.1. The molecule has 1 saturated heterocycles. The quantitative estimate of drug-likeness (QED) is 0.855. The van der Waals surface area contributed by atoms with Crippen LogP contribution >= 0.6 is 0 Å². The minimum atomic E-state index is 0.0425. The van der Waals surface area contributed by atoms with Gasteiger partial charge in [-0.2, -0.15) is 0 Å². The lowest BCUT2D eigenvalue weighted by molar-refractivity contribution is 0.0504. The van der Waals surface area contributed by atoms with Crippen molar-refractivity contribution in [1.82, 2.24) is 14.9 Å². The van der Waals surface area contributed by atoms with Crippen molar-refractivity contribution in [2.75, 3.05) is 26.2 Å². The van der Waals surface area contributed by atoms with E-state index in [0.717, 1.165) is 49.7 Å². The van der Waals surface area contributed by atoms with Crippen LogP contribution in [0.3, 0.4) is 0 Å². The van der Waals surface area contributed by atoms with E-state index in [0.29, 0.717) is 6.61 Å². The molecule has 1 fully saturated rings. The van der Waals surface area contributed by atoms with Gasteiger partial charge in [0.05, 0.1) is 24.3 Å². The molecular formula is C19H23N3O. The number of likely N-dealkylation sites (tertiary alicyclic amines) is 1. The van der Waals surface area contributed by atoms with E-state index in [9.17, 15) is 0 Å². The van der Waals surface area contributed by atoms with Crippen molar-refractivity contribution in [2.45, 2.75) is 32.3 Å². The number of hydrogen-bond acceptors (Lipinski definition) is 4. The number of benzene rings is 1. The Labute approximate surface area is 137 Å². The molecule has 0 radical (unpaired) electrons. The van der Waals surface area contributed by atoms with Crippen molar-refractivity contribution >= 4 is 0 Å². The maximum Gasteiger partial charge on any atom is 0.159 e. The molecule has 0 N–H and O–H groups in total. The molecule has 1 unspecified atom stereocenters. The van der Waals surface area contributed by atoms with E-state index >= 15 is 0 Å². The molecule has 1 atom stereocenters. The summed E-state index contributed by atoms with van der Waals surface area (Å²) in [5, 5.41) is 0. The van der Waals surface area contributed by atoms with Gasteiger partial charge >= 0.3 is 0 Å². The molecular weight excluding hydrogens is 286 g/mol. The highest BCUT2D eigenvalue weighted by Gasteiger charge is 2.45. The lowest BCUT2D eigenvalue weighted by Gasteiger charge is -2.35. The summed E-state index contributed by atoms with van der Waals surface area (Å²) in [6.45, 7) is 8.99. The Morgan fingerprint density at radius 2 is 2.04 bits per heavy atom. The Morgan fingerprint density at radius 1 is 1.22 bits per heavy atom. The van der Waals surface area contributed by atoms with Gasteiger partial charge in [-0.05, 0) is 26.4 Å². The van der Waals surface area contributed by atoms with Gasteiger partial charge in [-0.1, -0.05) is 37.3 Å². The summed E-state index contributed by atoms with van der Waals surface area (Å²) in [6.07, 6.45) is 1.12. The number of aryl methyl sites for hydroxylation is 1. The Morgan fingerprint density at radius 3 is 2.78 bits per heavy atom. The summed E-state index contributed by atoms with van der Waals surface area (Å²) in [6, 6.07) is 10.3. The Bertz CT molecular complexity index is 716. The zero-order chi connectivity index (χ0) is 15.9. The third-order valence-corrected chi connectivity index (χ3v) is 5.25. The van der Waals surface area contributed by atoms with E-state index in [1.165, 1.54) is 11.3 Å². The van der Waals surface area contributed by atoms with Gasteiger partial charge < -0.3 is 9.64 Å². The van der Waals surface area contributed by atoms with Crippen molar-refractivity contribution in [1.29, 1.82) is 0 Å². The van der Waals surface area contributed by atoms with Crippen molar-refractivity contribution in [3.8, 4) is 11.4 Å². The molecule has 1 aromatic heterocycles. The van der Waals surface area contributed by atoms with Gasteiger partial charge in [0.1, 0.15) is 0 Å². The predicted octanol–water partition coefficient (Wildman–Crippen LogP) is 2.95. The fraction of sp³-hybridized carbons (Fsp3) is 0.474. The lowest BCUT2D eigenvalue weighted by Crippen LogP contribution is -2.41. The molecule has 120 valence electrons. The summed E-state index contributed by atoms with van der Waals surface area (Å²) in [5.74, 6) is 0.845. The van der Waals surface area contributed by atoms with Crippen molar-refractivity contribution in [2.24, 2.45) is 0 Å². The minimum absolute atomic E-state index is 0.0425. The van der Waals surface area contributed by atoms with Gasteiger partial charge in [-0.25, -0.2) is 9.97 Å². The largest absolute Gasteiger partial charge is 0.376 e. The van der Waals surface area contributed by atoms with Crippen LogP contribution < -0.4 is 0 Å². The van der Waals surface area contributed by atoms with E-state index in [-0.39, 0.29) is 5.41 Å². The number of fused-ring (bicyclic) bond motifs is 2. The molecule has 0 saturated carbocycles. The van der Waals surface area contributed by atoms with Crippen LogP contribution in [0.1, 0.15) is 30.3 Å². The molecule has 2 aromatic rings. The van der Waals surface area contributed by atoms with Gasteiger partial charge in [0.2, 0.25) is 0 Å². The Balaban J connectivity index is 1.83. The van der Waals surface area contributed by atoms with Crippen molar-refractivity contribution in [3.63, 3.8) is 0 Å². The van der Waals surface area contributed by atoms with Gasteiger partial charge in [0.15, 0.2) is 5.82 Å². The van der Waals surface area contributed by atoms with E-state index in [1.807, 2.05) is 18.2 Å². The molecule has 23 heavy (non-hydrogen) atoms. The van der Waals surface area contributed by atoms with Gasteiger partial charge in [-0.3, -0.25) is 0 Å². The number of likely N-dealkylation sites (N-methyl/N-ethyl adjacent to an activating group) is 1. The minimum Gasteiger partial charge on any atom is -0.376 e. The van der Waals surface area contributed by atoms with Gasteiger partial charge in [0.25, 0.3) is 0 Å². The molecule has 0 aliphatic carbocycles. The molecule has 2 aliphatic heterocycles. The first-order valence-corrected chi connectivity index (χ1v) is 8.45. The van der Waals surface area contributed by atoms with Crippen LogP contribution in [0.5, 0.6) is 0 Å². The molecule has 4 nitrogen and oxygen atoms in total. The highest BCUT2D eigenvalue weighted by atomic mass is 16.5. The third-order valence-electron chi connectivity index (χ3n) is 5.25. The first-order chi connectivity index (χ1) is 11.2. The van der Waals surface area contributed by atoms with Crippen LogP contribution in [0, 0.1) is 6.92 Å². The first kappa shape index (κ1) is 14.8. The Hall–Kier alpha value is -1.78. The molecule has 0 bridgehead atoms. The van der Waals surface area contributed by atoms with E-state index in [2.05, 4.69) is 30.9 Å². The highest BCUT2D eigenvalue weighted by Crippen LogP contribution is 2.40. The number of nitrogens with zero attached hydrogens (tertiary/aromatic N) is 3. The third kappa shape index (κ3) is 2.46. The SMILES string of the molecule is CCN1CCC2(COCc3c(C)nc(-c4ccccc4)nc32)C1. The van der Waals surface area contributed by atoms with Crippen molar-refractivity contribution < 1.29 is 4.74 Å². The zero-order valence-electron chi connectivity index (χ0n) is 13.9. The Kier molecular flexibility index (Phi) is 3.66. The van der Waals surface area contributed by atoms with Crippen molar-refractivity contribution in [3.05, 3.63) is 47.3 Å². The van der Waals surface area contributed by atoms with Crippen LogP contribution in [0.4, 0.5) is 0 Å². The molecule has 3 heterocycles. The predicted molar refractivity (Wildman–Crippen MR) is 90.3 cm³/mol. The fourth-order valence-corrected chi connectivity index (χ4v) is 3.88. The smallest absolute Gasteiger partial charge is 0.159 e. The second kappa shape index (κ2) is 5.69. The van der Waals surface area contributed by atoms with Gasteiger partial charge in [-0.15, -0.1) is 0 Å². The average Bonchev–Trinajstić information content (AvgIpc) is 3.00. The van der Waals surface area contributed by atoms with Crippen LogP contribution in [-0.4, -0.2) is 41.1 Å². The molecule has 0 amide bonds. The molecule has 4 heteroatoms.